The predicted molar refractivity (Wildman–Crippen MR) is 92.5 cm³/mol. The van der Waals surface area contributed by atoms with Gasteiger partial charge in [-0.25, -0.2) is 0 Å². The van der Waals surface area contributed by atoms with E-state index in [4.69, 9.17) is 4.74 Å². The highest BCUT2D eigenvalue weighted by atomic mass is 32.1. The van der Waals surface area contributed by atoms with Gasteiger partial charge in [-0.3, -0.25) is 19.8 Å². The van der Waals surface area contributed by atoms with E-state index in [2.05, 4.69) is 47.9 Å². The summed E-state index contributed by atoms with van der Waals surface area (Å²) in [6.07, 6.45) is 1.48. The monoisotopic (exact) mass is 346 g/mol. The molecule has 0 amide bonds. The van der Waals surface area contributed by atoms with Crippen LogP contribution in [0.1, 0.15) is 10.9 Å². The molecule has 1 atom stereocenters. The molecule has 3 N–H and O–H groups in total. The molecule has 126 valence electrons. The van der Waals surface area contributed by atoms with Crippen LogP contribution >= 0.6 is 11.3 Å². The van der Waals surface area contributed by atoms with E-state index >= 15 is 0 Å². The van der Waals surface area contributed by atoms with Gasteiger partial charge in [0.25, 0.3) is 5.56 Å². The average molecular weight is 346 g/mol. The Labute approximate surface area is 141 Å². The number of ether oxygens (including phenoxy) is 1. The molecule has 3 aromatic heterocycles. The molecule has 0 radical (unpaired) electrons. The van der Waals surface area contributed by atoms with Crippen molar-refractivity contribution in [1.29, 1.82) is 0 Å². The molecule has 1 aliphatic heterocycles. The maximum Gasteiger partial charge on any atom is 0.263 e. The zero-order valence-corrected chi connectivity index (χ0v) is 13.8. The summed E-state index contributed by atoms with van der Waals surface area (Å²) in [7, 11) is 0. The lowest BCUT2D eigenvalue weighted by Gasteiger charge is -2.34. The second-order valence-corrected chi connectivity index (χ2v) is 6.59. The second kappa shape index (κ2) is 6.71. The third-order valence-electron chi connectivity index (χ3n) is 4.14. The minimum absolute atomic E-state index is 0.199. The van der Waals surface area contributed by atoms with Gasteiger partial charge in [-0.1, -0.05) is 6.07 Å². The number of H-pyrrole nitrogens is 2. The van der Waals surface area contributed by atoms with Crippen LogP contribution in [0.15, 0.2) is 28.5 Å². The van der Waals surface area contributed by atoms with E-state index < -0.39 is 0 Å². The van der Waals surface area contributed by atoms with Crippen molar-refractivity contribution in [2.75, 3.05) is 38.2 Å². The van der Waals surface area contributed by atoms with Crippen LogP contribution in [-0.2, 0) is 4.74 Å². The molecule has 0 aromatic carbocycles. The highest BCUT2D eigenvalue weighted by molar-refractivity contribution is 7.10. The number of aromatic amines is 2. The van der Waals surface area contributed by atoms with Gasteiger partial charge in [-0.05, 0) is 11.4 Å². The summed E-state index contributed by atoms with van der Waals surface area (Å²) >= 11 is 1.74. The minimum atomic E-state index is -0.199. The summed E-state index contributed by atoms with van der Waals surface area (Å²) in [4.78, 5) is 22.8. The Morgan fingerprint density at radius 1 is 1.42 bits per heavy atom. The molecule has 1 fully saturated rings. The van der Waals surface area contributed by atoms with Gasteiger partial charge in [0.05, 0.1) is 25.5 Å². The van der Waals surface area contributed by atoms with Crippen LogP contribution in [0.4, 0.5) is 5.95 Å². The van der Waals surface area contributed by atoms with Crippen LogP contribution < -0.4 is 10.9 Å². The summed E-state index contributed by atoms with van der Waals surface area (Å²) in [5.41, 5.74) is 0.288. The van der Waals surface area contributed by atoms with Crippen molar-refractivity contribution in [3.8, 4) is 0 Å². The normalized spacial score (nSPS) is 17.2. The van der Waals surface area contributed by atoms with Crippen LogP contribution in [0.25, 0.3) is 11.0 Å². The lowest BCUT2D eigenvalue weighted by molar-refractivity contribution is 0.0193. The van der Waals surface area contributed by atoms with Gasteiger partial charge in [0, 0.05) is 24.5 Å². The number of morpholine rings is 1. The Bertz CT molecular complexity index is 852. The number of anilines is 1. The van der Waals surface area contributed by atoms with E-state index in [1.54, 1.807) is 11.3 Å². The molecule has 1 saturated heterocycles. The average Bonchev–Trinajstić information content (AvgIpc) is 3.28. The van der Waals surface area contributed by atoms with E-state index in [-0.39, 0.29) is 11.6 Å². The van der Waals surface area contributed by atoms with Crippen molar-refractivity contribution in [1.82, 2.24) is 25.1 Å². The maximum atomic E-state index is 12.0. The Kier molecular flexibility index (Phi) is 4.28. The van der Waals surface area contributed by atoms with E-state index in [0.717, 1.165) is 26.3 Å². The lowest BCUT2D eigenvalue weighted by atomic mass is 10.2. The molecule has 8 nitrogen and oxygen atoms in total. The van der Waals surface area contributed by atoms with Crippen molar-refractivity contribution >= 4 is 28.3 Å². The van der Waals surface area contributed by atoms with Crippen LogP contribution in [0.2, 0.25) is 0 Å². The van der Waals surface area contributed by atoms with Crippen LogP contribution in [0, 0.1) is 0 Å². The highest BCUT2D eigenvalue weighted by Gasteiger charge is 2.23. The number of aromatic nitrogens is 4. The first-order valence-electron chi connectivity index (χ1n) is 7.84. The largest absolute Gasteiger partial charge is 0.379 e. The first kappa shape index (κ1) is 15.3. The van der Waals surface area contributed by atoms with Crippen LogP contribution in [0.3, 0.4) is 0 Å². The minimum Gasteiger partial charge on any atom is -0.379 e. The van der Waals surface area contributed by atoms with Gasteiger partial charge in [0.15, 0.2) is 5.65 Å². The van der Waals surface area contributed by atoms with E-state index in [1.807, 2.05) is 0 Å². The molecule has 1 aliphatic rings. The van der Waals surface area contributed by atoms with Gasteiger partial charge in [0.1, 0.15) is 5.39 Å². The van der Waals surface area contributed by atoms with E-state index in [0.29, 0.717) is 23.5 Å². The standard InChI is InChI=1S/C15H18N6O2S/c22-14-10-8-17-20-13(10)18-15(19-14)16-9-11(12-2-1-7-24-12)21-3-5-23-6-4-21/h1-2,7-8,11H,3-6,9H2,(H3,16,17,18,19,20,22)/t11-/m0/s1. The van der Waals surface area contributed by atoms with Gasteiger partial charge in [0.2, 0.25) is 5.95 Å². The molecule has 3 aromatic rings. The molecule has 4 rings (SSSR count). The van der Waals surface area contributed by atoms with Gasteiger partial charge in [-0.15, -0.1) is 11.3 Å². The number of hydrogen-bond acceptors (Lipinski definition) is 7. The molecule has 4 heterocycles. The maximum absolute atomic E-state index is 12.0. The summed E-state index contributed by atoms with van der Waals surface area (Å²) in [5, 5.41) is 12.4. The zero-order chi connectivity index (χ0) is 16.4. The van der Waals surface area contributed by atoms with Gasteiger partial charge < -0.3 is 10.1 Å². The molecule has 0 aliphatic carbocycles. The molecule has 0 saturated carbocycles. The second-order valence-electron chi connectivity index (χ2n) is 5.61. The molecule has 9 heteroatoms. The summed E-state index contributed by atoms with van der Waals surface area (Å²) in [6, 6.07) is 4.42. The number of rotatable bonds is 5. The Morgan fingerprint density at radius 3 is 3.08 bits per heavy atom. The third-order valence-corrected chi connectivity index (χ3v) is 5.11. The fourth-order valence-electron chi connectivity index (χ4n) is 2.90. The fraction of sp³-hybridized carbons (Fsp3) is 0.400. The third kappa shape index (κ3) is 3.05. The molecule has 0 spiro atoms. The first-order valence-corrected chi connectivity index (χ1v) is 8.72. The van der Waals surface area contributed by atoms with Crippen molar-refractivity contribution in [2.24, 2.45) is 0 Å². The quantitative estimate of drug-likeness (QED) is 0.642. The summed E-state index contributed by atoms with van der Waals surface area (Å²) in [6.45, 7) is 3.94. The molecule has 0 unspecified atom stereocenters. The van der Waals surface area contributed by atoms with Crippen LogP contribution in [0.5, 0.6) is 0 Å². The Morgan fingerprint density at radius 2 is 2.29 bits per heavy atom. The summed E-state index contributed by atoms with van der Waals surface area (Å²) < 4.78 is 5.46. The number of nitrogens with zero attached hydrogens (tertiary/aromatic N) is 3. The highest BCUT2D eigenvalue weighted by Crippen LogP contribution is 2.26. The van der Waals surface area contributed by atoms with Crippen molar-refractivity contribution in [3.63, 3.8) is 0 Å². The molecular weight excluding hydrogens is 328 g/mol. The van der Waals surface area contributed by atoms with Crippen LogP contribution in [-0.4, -0.2) is 57.9 Å². The van der Waals surface area contributed by atoms with Gasteiger partial charge >= 0.3 is 0 Å². The van der Waals surface area contributed by atoms with E-state index in [1.165, 1.54) is 11.1 Å². The predicted octanol–water partition coefficient (Wildman–Crippen LogP) is 1.19. The Balaban J connectivity index is 1.54. The topological polar surface area (TPSA) is 98.9 Å². The van der Waals surface area contributed by atoms with Crippen molar-refractivity contribution in [3.05, 3.63) is 38.9 Å². The SMILES string of the molecule is O=c1[nH]c(NC[C@@H](c2cccs2)N2CCOCC2)nc2[nH]ncc12. The lowest BCUT2D eigenvalue weighted by Crippen LogP contribution is -2.41. The zero-order valence-electron chi connectivity index (χ0n) is 13.0. The summed E-state index contributed by atoms with van der Waals surface area (Å²) in [5.74, 6) is 0.451. The number of hydrogen-bond donors (Lipinski definition) is 3. The first-order chi connectivity index (χ1) is 11.8. The number of nitrogens with one attached hydrogen (secondary N) is 3. The smallest absolute Gasteiger partial charge is 0.263 e. The fourth-order valence-corrected chi connectivity index (χ4v) is 3.76. The molecular formula is C15H18N6O2S. The van der Waals surface area contributed by atoms with Crippen molar-refractivity contribution in [2.45, 2.75) is 6.04 Å². The number of fused-ring (bicyclic) bond motifs is 1. The van der Waals surface area contributed by atoms with E-state index in [9.17, 15) is 4.79 Å². The molecule has 24 heavy (non-hydrogen) atoms. The van der Waals surface area contributed by atoms with Gasteiger partial charge in [-0.2, -0.15) is 10.1 Å². The molecule has 0 bridgehead atoms. The Hall–Kier alpha value is -2.23. The number of thiophene rings is 1. The van der Waals surface area contributed by atoms with Crippen molar-refractivity contribution < 1.29 is 4.74 Å².